The summed E-state index contributed by atoms with van der Waals surface area (Å²) in [6.07, 6.45) is -0.709. The summed E-state index contributed by atoms with van der Waals surface area (Å²) in [7, 11) is 1.05. The third-order valence-electron chi connectivity index (χ3n) is 5.11. The lowest BCUT2D eigenvalue weighted by atomic mass is 10.0. The number of fused-ring (bicyclic) bond motifs is 1. The molecular formula is C20H20N4O9. The number of methoxy groups -OCH3 is 1. The number of piperidine rings is 1. The van der Waals surface area contributed by atoms with Crippen LogP contribution in [-0.2, 0) is 28.7 Å². The van der Waals surface area contributed by atoms with Crippen molar-refractivity contribution >= 4 is 47.2 Å². The number of carboxylic acid groups (broad SMARTS) is 1. The molecule has 174 valence electrons. The summed E-state index contributed by atoms with van der Waals surface area (Å²) in [6, 6.07) is 1.77. The van der Waals surface area contributed by atoms with E-state index in [0.717, 1.165) is 12.0 Å². The predicted molar refractivity (Wildman–Crippen MR) is 108 cm³/mol. The Labute approximate surface area is 186 Å². The van der Waals surface area contributed by atoms with Crippen LogP contribution >= 0.6 is 0 Å². The van der Waals surface area contributed by atoms with Crippen molar-refractivity contribution in [3.05, 3.63) is 29.3 Å². The normalized spacial score (nSPS) is 18.3. The molecule has 1 unspecified atom stereocenters. The average Bonchev–Trinajstić information content (AvgIpc) is 3.02. The van der Waals surface area contributed by atoms with E-state index in [4.69, 9.17) is 5.11 Å². The van der Waals surface area contributed by atoms with E-state index in [1.54, 1.807) is 0 Å². The Morgan fingerprint density at radius 3 is 2.58 bits per heavy atom. The van der Waals surface area contributed by atoms with Gasteiger partial charge in [-0.15, -0.1) is 0 Å². The van der Waals surface area contributed by atoms with Gasteiger partial charge in [0.25, 0.3) is 11.8 Å². The zero-order chi connectivity index (χ0) is 24.3. The number of nitrogens with zero attached hydrogens (tertiary/aromatic N) is 1. The highest BCUT2D eigenvalue weighted by molar-refractivity contribution is 6.25. The van der Waals surface area contributed by atoms with Gasteiger partial charge in [-0.1, -0.05) is 6.07 Å². The fourth-order valence-corrected chi connectivity index (χ4v) is 3.59. The quantitative estimate of drug-likeness (QED) is 0.266. The molecule has 0 saturated carbocycles. The Balaban J connectivity index is 1.74. The van der Waals surface area contributed by atoms with Gasteiger partial charge in [0.2, 0.25) is 17.7 Å². The predicted octanol–water partition coefficient (Wildman–Crippen LogP) is -1.37. The van der Waals surface area contributed by atoms with Gasteiger partial charge in [-0.25, -0.2) is 4.79 Å². The molecule has 2 heterocycles. The third kappa shape index (κ3) is 4.81. The molecule has 0 radical (unpaired) electrons. The van der Waals surface area contributed by atoms with Crippen LogP contribution < -0.4 is 16.0 Å². The Morgan fingerprint density at radius 1 is 1.21 bits per heavy atom. The van der Waals surface area contributed by atoms with Crippen LogP contribution in [0, 0.1) is 0 Å². The number of imide groups is 2. The maximum absolute atomic E-state index is 13.0. The zero-order valence-corrected chi connectivity index (χ0v) is 17.4. The van der Waals surface area contributed by atoms with Crippen LogP contribution in [0.5, 0.6) is 0 Å². The molecule has 5 amide bonds. The first kappa shape index (κ1) is 23.4. The second-order valence-electron chi connectivity index (χ2n) is 7.27. The molecule has 0 bridgehead atoms. The minimum absolute atomic E-state index is 0.000201. The van der Waals surface area contributed by atoms with Gasteiger partial charge in [-0.2, -0.15) is 0 Å². The van der Waals surface area contributed by atoms with Crippen molar-refractivity contribution < 1.29 is 43.4 Å². The smallest absolute Gasteiger partial charge is 0.328 e. The number of carbonyl (C=O) groups is 7. The van der Waals surface area contributed by atoms with Gasteiger partial charge in [0.1, 0.15) is 12.1 Å². The molecule has 2 atom stereocenters. The van der Waals surface area contributed by atoms with Gasteiger partial charge in [0.05, 0.1) is 31.2 Å². The number of nitrogens with one attached hydrogen (secondary N) is 3. The topological polar surface area (TPSA) is 188 Å². The van der Waals surface area contributed by atoms with Crippen molar-refractivity contribution in [2.75, 3.05) is 19.0 Å². The zero-order valence-electron chi connectivity index (χ0n) is 17.4. The molecule has 1 aromatic carbocycles. The summed E-state index contributed by atoms with van der Waals surface area (Å²) in [6.45, 7) is -0.455. The van der Waals surface area contributed by atoms with E-state index in [2.05, 4.69) is 20.7 Å². The van der Waals surface area contributed by atoms with Crippen LogP contribution in [0.25, 0.3) is 0 Å². The minimum atomic E-state index is -1.41. The molecule has 13 heteroatoms. The van der Waals surface area contributed by atoms with Crippen LogP contribution in [0.3, 0.4) is 0 Å². The molecule has 13 nitrogen and oxygen atoms in total. The number of benzene rings is 1. The molecule has 3 rings (SSSR count). The molecule has 1 aromatic rings. The van der Waals surface area contributed by atoms with Crippen molar-refractivity contribution in [2.24, 2.45) is 0 Å². The van der Waals surface area contributed by atoms with Crippen LogP contribution in [0.15, 0.2) is 18.2 Å². The van der Waals surface area contributed by atoms with Crippen LogP contribution in [0.2, 0.25) is 0 Å². The van der Waals surface area contributed by atoms with E-state index in [-0.39, 0.29) is 29.7 Å². The first-order valence-corrected chi connectivity index (χ1v) is 9.81. The fourth-order valence-electron chi connectivity index (χ4n) is 3.59. The Hall–Kier alpha value is -4.29. The van der Waals surface area contributed by atoms with Gasteiger partial charge in [0.15, 0.2) is 0 Å². The fraction of sp³-hybridized carbons (Fsp3) is 0.350. The maximum Gasteiger partial charge on any atom is 0.328 e. The van der Waals surface area contributed by atoms with E-state index in [0.29, 0.717) is 0 Å². The number of esters is 1. The second-order valence-corrected chi connectivity index (χ2v) is 7.27. The van der Waals surface area contributed by atoms with Gasteiger partial charge >= 0.3 is 11.9 Å². The highest BCUT2D eigenvalue weighted by atomic mass is 16.5. The van der Waals surface area contributed by atoms with Crippen LogP contribution in [-0.4, -0.2) is 77.2 Å². The summed E-state index contributed by atoms with van der Waals surface area (Å²) >= 11 is 0. The van der Waals surface area contributed by atoms with Crippen LogP contribution in [0.1, 0.15) is 40.0 Å². The molecule has 2 aliphatic rings. The first-order chi connectivity index (χ1) is 15.6. The SMILES string of the molecule is COC(=O)[C@H](CC(=O)O)NC(=O)CNc1cccc2c1C(=O)N(C1CCC(=O)NC1=O)C2=O. The summed E-state index contributed by atoms with van der Waals surface area (Å²) in [5.74, 6) is -5.72. The highest BCUT2D eigenvalue weighted by Crippen LogP contribution is 2.32. The minimum Gasteiger partial charge on any atom is -0.481 e. The number of amides is 5. The Morgan fingerprint density at radius 2 is 1.94 bits per heavy atom. The molecule has 0 aliphatic carbocycles. The highest BCUT2D eigenvalue weighted by Gasteiger charge is 2.45. The number of ether oxygens (including phenoxy) is 1. The monoisotopic (exact) mass is 460 g/mol. The lowest BCUT2D eigenvalue weighted by Gasteiger charge is -2.27. The largest absolute Gasteiger partial charge is 0.481 e. The number of carbonyl (C=O) groups excluding carboxylic acids is 6. The molecule has 2 aliphatic heterocycles. The second kappa shape index (κ2) is 9.46. The third-order valence-corrected chi connectivity index (χ3v) is 5.11. The van der Waals surface area contributed by atoms with E-state index in [1.165, 1.54) is 18.2 Å². The molecule has 33 heavy (non-hydrogen) atoms. The van der Waals surface area contributed by atoms with Gasteiger partial charge in [-0.05, 0) is 18.6 Å². The summed E-state index contributed by atoms with van der Waals surface area (Å²) in [5, 5.41) is 15.9. The first-order valence-electron chi connectivity index (χ1n) is 9.81. The van der Waals surface area contributed by atoms with Crippen molar-refractivity contribution in [1.82, 2.24) is 15.5 Å². The summed E-state index contributed by atoms with van der Waals surface area (Å²) in [4.78, 5) is 84.9. The van der Waals surface area contributed by atoms with Gasteiger partial charge in [-0.3, -0.25) is 39.0 Å². The van der Waals surface area contributed by atoms with Crippen LogP contribution in [0.4, 0.5) is 5.69 Å². The number of anilines is 1. The summed E-state index contributed by atoms with van der Waals surface area (Å²) in [5.41, 5.74) is 0.104. The molecule has 4 N–H and O–H groups in total. The Kier molecular flexibility index (Phi) is 6.70. The van der Waals surface area contributed by atoms with Gasteiger partial charge in [0, 0.05) is 12.1 Å². The number of hydrogen-bond donors (Lipinski definition) is 4. The maximum atomic E-state index is 13.0. The number of rotatable bonds is 8. The van der Waals surface area contributed by atoms with Crippen molar-refractivity contribution in [3.8, 4) is 0 Å². The molecule has 1 saturated heterocycles. The molecule has 0 spiro atoms. The lowest BCUT2D eigenvalue weighted by molar-refractivity contribution is -0.149. The molecular weight excluding hydrogens is 440 g/mol. The number of hydrogen-bond acceptors (Lipinski definition) is 9. The standard InChI is InChI=1S/C20H20N4O9/c1-33-20(32)11(7-15(27)28)22-14(26)8-21-10-4-2-3-9-16(10)19(31)24(18(9)30)12-5-6-13(25)23-17(12)29/h2-4,11-12,21H,5-8H2,1H3,(H,22,26)(H,27,28)(H,23,25,29)/t11-,12?/m0/s1. The van der Waals surface area contributed by atoms with E-state index < -0.39 is 66.5 Å². The number of carboxylic acids is 1. The van der Waals surface area contributed by atoms with Gasteiger partial charge < -0.3 is 20.5 Å². The lowest BCUT2D eigenvalue weighted by Crippen LogP contribution is -2.54. The molecule has 0 aromatic heterocycles. The Bertz CT molecular complexity index is 1070. The summed E-state index contributed by atoms with van der Waals surface area (Å²) < 4.78 is 4.47. The average molecular weight is 460 g/mol. The van der Waals surface area contributed by atoms with Crippen molar-refractivity contribution in [3.63, 3.8) is 0 Å². The van der Waals surface area contributed by atoms with E-state index in [9.17, 15) is 33.6 Å². The van der Waals surface area contributed by atoms with E-state index >= 15 is 0 Å². The van der Waals surface area contributed by atoms with Crippen molar-refractivity contribution in [1.29, 1.82) is 0 Å². The number of aliphatic carboxylic acids is 1. The van der Waals surface area contributed by atoms with E-state index in [1.807, 2.05) is 0 Å². The van der Waals surface area contributed by atoms with Crippen molar-refractivity contribution in [2.45, 2.75) is 31.3 Å². The molecule has 1 fully saturated rings.